The van der Waals surface area contributed by atoms with Gasteiger partial charge in [-0.3, -0.25) is 4.79 Å². The van der Waals surface area contributed by atoms with Gasteiger partial charge in [-0.05, 0) is 49.7 Å². The number of furan rings is 1. The second-order valence-electron chi connectivity index (χ2n) is 6.89. The van der Waals surface area contributed by atoms with Crippen LogP contribution in [0.5, 0.6) is 0 Å². The van der Waals surface area contributed by atoms with Crippen LogP contribution < -0.4 is 5.43 Å². The molecule has 1 amide bonds. The number of aryl methyl sites for hydroxylation is 1. The van der Waals surface area contributed by atoms with Crippen LogP contribution in [0.25, 0.3) is 11.0 Å². The Bertz CT molecular complexity index is 1210. The van der Waals surface area contributed by atoms with Gasteiger partial charge in [0.2, 0.25) is 0 Å². The molecule has 0 fully saturated rings. The summed E-state index contributed by atoms with van der Waals surface area (Å²) in [5.41, 5.74) is 7.53. The summed E-state index contributed by atoms with van der Waals surface area (Å²) in [4.78, 5) is 12.3. The number of fused-ring (bicyclic) bond motifs is 1. The van der Waals surface area contributed by atoms with Gasteiger partial charge in [0, 0.05) is 33.9 Å². The summed E-state index contributed by atoms with van der Waals surface area (Å²) < 4.78 is 7.78. The van der Waals surface area contributed by atoms with Crippen molar-refractivity contribution in [2.45, 2.75) is 20.4 Å². The molecule has 2 aromatic heterocycles. The highest BCUT2D eigenvalue weighted by Gasteiger charge is 2.12. The third-order valence-electron chi connectivity index (χ3n) is 4.87. The molecule has 0 aliphatic rings. The third-order valence-corrected chi connectivity index (χ3v) is 5.10. The lowest BCUT2D eigenvalue weighted by Crippen LogP contribution is -2.16. The highest BCUT2D eigenvalue weighted by atomic mass is 35.5. The van der Waals surface area contributed by atoms with Gasteiger partial charge in [0.25, 0.3) is 0 Å². The molecule has 2 aromatic carbocycles. The minimum Gasteiger partial charge on any atom is -0.451 e. The molecular formula is C23H20ClN3O2. The molecule has 0 unspecified atom stereocenters. The zero-order chi connectivity index (χ0) is 20.4. The lowest BCUT2D eigenvalue weighted by atomic mass is 10.2. The summed E-state index contributed by atoms with van der Waals surface area (Å²) in [6.45, 7) is 4.90. The van der Waals surface area contributed by atoms with E-state index < -0.39 is 5.91 Å². The number of benzene rings is 2. The second-order valence-corrected chi connectivity index (χ2v) is 7.33. The number of nitrogens with zero attached hydrogens (tertiary/aromatic N) is 2. The van der Waals surface area contributed by atoms with Crippen LogP contribution in [0.2, 0.25) is 5.02 Å². The monoisotopic (exact) mass is 405 g/mol. The van der Waals surface area contributed by atoms with E-state index in [-0.39, 0.29) is 5.76 Å². The van der Waals surface area contributed by atoms with Crippen molar-refractivity contribution in [2.75, 3.05) is 0 Å². The van der Waals surface area contributed by atoms with Gasteiger partial charge < -0.3 is 8.98 Å². The van der Waals surface area contributed by atoms with Gasteiger partial charge in [0.1, 0.15) is 5.58 Å². The molecule has 29 heavy (non-hydrogen) atoms. The summed E-state index contributed by atoms with van der Waals surface area (Å²) in [5, 5.41) is 5.47. The molecule has 0 radical (unpaired) electrons. The van der Waals surface area contributed by atoms with E-state index in [4.69, 9.17) is 16.0 Å². The Balaban J connectivity index is 1.47. The van der Waals surface area contributed by atoms with E-state index >= 15 is 0 Å². The van der Waals surface area contributed by atoms with Crippen molar-refractivity contribution in [3.63, 3.8) is 0 Å². The van der Waals surface area contributed by atoms with E-state index in [0.717, 1.165) is 28.9 Å². The van der Waals surface area contributed by atoms with Crippen LogP contribution in [0.1, 0.15) is 33.1 Å². The first-order chi connectivity index (χ1) is 14.0. The zero-order valence-corrected chi connectivity index (χ0v) is 16.9. The molecule has 4 aromatic rings. The van der Waals surface area contributed by atoms with Crippen LogP contribution in [0.15, 0.2) is 70.2 Å². The van der Waals surface area contributed by atoms with Gasteiger partial charge in [0.05, 0.1) is 6.21 Å². The van der Waals surface area contributed by atoms with Crippen molar-refractivity contribution in [3.05, 3.63) is 94.0 Å². The average Bonchev–Trinajstić information content (AvgIpc) is 3.25. The maximum Gasteiger partial charge on any atom is 0.307 e. The minimum absolute atomic E-state index is 0.189. The second kappa shape index (κ2) is 7.97. The van der Waals surface area contributed by atoms with Crippen LogP contribution in [-0.4, -0.2) is 16.7 Å². The number of hydrazone groups is 1. The van der Waals surface area contributed by atoms with Gasteiger partial charge >= 0.3 is 5.91 Å². The molecule has 0 aliphatic carbocycles. The predicted molar refractivity (Wildman–Crippen MR) is 116 cm³/mol. The molecule has 0 aliphatic heterocycles. The number of halogens is 1. The summed E-state index contributed by atoms with van der Waals surface area (Å²) in [6.07, 6.45) is 1.65. The number of carbonyl (C=O) groups is 1. The van der Waals surface area contributed by atoms with Crippen molar-refractivity contribution < 1.29 is 9.21 Å². The molecule has 6 heteroatoms. The first kappa shape index (κ1) is 19.0. The first-order valence-electron chi connectivity index (χ1n) is 9.24. The normalized spacial score (nSPS) is 11.4. The summed E-state index contributed by atoms with van der Waals surface area (Å²) in [5.74, 6) is -0.222. The molecule has 4 rings (SSSR count). The zero-order valence-electron chi connectivity index (χ0n) is 16.1. The molecule has 1 N–H and O–H groups in total. The van der Waals surface area contributed by atoms with Crippen LogP contribution in [0, 0.1) is 13.8 Å². The van der Waals surface area contributed by atoms with E-state index in [2.05, 4.69) is 40.2 Å². The maximum absolute atomic E-state index is 12.3. The van der Waals surface area contributed by atoms with E-state index in [1.807, 2.05) is 25.1 Å². The molecule has 5 nitrogen and oxygen atoms in total. The maximum atomic E-state index is 12.3. The minimum atomic E-state index is -0.410. The summed E-state index contributed by atoms with van der Waals surface area (Å²) in [6, 6.07) is 19.2. The van der Waals surface area contributed by atoms with Gasteiger partial charge in [-0.15, -0.1) is 0 Å². The number of amides is 1. The smallest absolute Gasteiger partial charge is 0.307 e. The van der Waals surface area contributed by atoms with Gasteiger partial charge in [-0.1, -0.05) is 41.9 Å². The third kappa shape index (κ3) is 4.10. The first-order valence-corrected chi connectivity index (χ1v) is 9.62. The largest absolute Gasteiger partial charge is 0.451 e. The summed E-state index contributed by atoms with van der Waals surface area (Å²) >= 11 is 5.97. The van der Waals surface area contributed by atoms with Gasteiger partial charge in [0.15, 0.2) is 5.76 Å². The number of rotatable bonds is 5. The Labute approximate surface area is 173 Å². The Kier molecular flexibility index (Phi) is 5.23. The van der Waals surface area contributed by atoms with Crippen LogP contribution in [-0.2, 0) is 6.54 Å². The molecule has 0 bridgehead atoms. The number of nitrogens with one attached hydrogen (secondary N) is 1. The van der Waals surface area contributed by atoms with E-state index in [1.54, 1.807) is 30.5 Å². The summed E-state index contributed by atoms with van der Waals surface area (Å²) in [7, 11) is 0. The standard InChI is InChI=1S/C23H20ClN3O2/c1-15-10-19(16(2)27(15)14-17-6-4-3-5-7-17)13-25-26-23(28)22-12-18-11-20(24)8-9-21(18)29-22/h3-13H,14H2,1-2H3,(H,26,28)/b25-13+. The van der Waals surface area contributed by atoms with E-state index in [1.165, 1.54) is 5.56 Å². The lowest BCUT2D eigenvalue weighted by molar-refractivity contribution is 0.0929. The van der Waals surface area contributed by atoms with Crippen LogP contribution in [0.4, 0.5) is 0 Å². The van der Waals surface area contributed by atoms with Crippen LogP contribution >= 0.6 is 11.6 Å². The molecular weight excluding hydrogens is 386 g/mol. The Hall–Kier alpha value is -3.31. The fraction of sp³-hybridized carbons (Fsp3) is 0.130. The Morgan fingerprint density at radius 3 is 2.72 bits per heavy atom. The number of hydrogen-bond acceptors (Lipinski definition) is 3. The molecule has 0 saturated heterocycles. The van der Waals surface area contributed by atoms with E-state index in [0.29, 0.717) is 10.6 Å². The molecule has 0 atom stereocenters. The van der Waals surface area contributed by atoms with Crippen molar-refractivity contribution >= 4 is 34.7 Å². The van der Waals surface area contributed by atoms with Crippen LogP contribution in [0.3, 0.4) is 0 Å². The highest BCUT2D eigenvalue weighted by Crippen LogP contribution is 2.23. The average molecular weight is 406 g/mol. The fourth-order valence-electron chi connectivity index (χ4n) is 3.31. The number of aromatic nitrogens is 1. The quantitative estimate of drug-likeness (QED) is 0.361. The SMILES string of the molecule is Cc1cc(/C=N/NC(=O)c2cc3cc(Cl)ccc3o2)c(C)n1Cc1ccccc1. The van der Waals surface area contributed by atoms with Gasteiger partial charge in [-0.25, -0.2) is 5.43 Å². The Morgan fingerprint density at radius 2 is 1.93 bits per heavy atom. The topological polar surface area (TPSA) is 59.5 Å². The molecule has 0 saturated carbocycles. The number of hydrogen-bond donors (Lipinski definition) is 1. The number of carbonyl (C=O) groups excluding carboxylic acids is 1. The molecule has 0 spiro atoms. The van der Waals surface area contributed by atoms with Gasteiger partial charge in [-0.2, -0.15) is 5.10 Å². The fourth-order valence-corrected chi connectivity index (χ4v) is 3.49. The van der Waals surface area contributed by atoms with Crippen molar-refractivity contribution in [2.24, 2.45) is 5.10 Å². The van der Waals surface area contributed by atoms with Crippen molar-refractivity contribution in [3.8, 4) is 0 Å². The van der Waals surface area contributed by atoms with Crippen molar-refractivity contribution in [1.82, 2.24) is 9.99 Å². The Morgan fingerprint density at radius 1 is 1.14 bits per heavy atom. The highest BCUT2D eigenvalue weighted by molar-refractivity contribution is 6.31. The van der Waals surface area contributed by atoms with E-state index in [9.17, 15) is 4.79 Å². The van der Waals surface area contributed by atoms with Crippen molar-refractivity contribution in [1.29, 1.82) is 0 Å². The molecule has 146 valence electrons. The lowest BCUT2D eigenvalue weighted by Gasteiger charge is -2.09. The molecule has 2 heterocycles. The predicted octanol–water partition coefficient (Wildman–Crippen LogP) is 5.32.